The number of aromatic nitrogens is 1. The van der Waals surface area contributed by atoms with Crippen LogP contribution in [0.4, 0.5) is 0 Å². The van der Waals surface area contributed by atoms with Gasteiger partial charge < -0.3 is 5.32 Å². The number of rotatable bonds is 6. The topological polar surface area (TPSA) is 24.9 Å². The first-order valence-corrected chi connectivity index (χ1v) is 5.93. The van der Waals surface area contributed by atoms with E-state index in [4.69, 9.17) is 0 Å². The molecule has 1 atom stereocenters. The van der Waals surface area contributed by atoms with E-state index in [1.165, 1.54) is 11.1 Å². The van der Waals surface area contributed by atoms with E-state index in [9.17, 15) is 0 Å². The van der Waals surface area contributed by atoms with Crippen molar-refractivity contribution < 1.29 is 0 Å². The maximum atomic E-state index is 4.23. The van der Waals surface area contributed by atoms with E-state index >= 15 is 0 Å². The summed E-state index contributed by atoms with van der Waals surface area (Å²) >= 11 is 0. The smallest absolute Gasteiger partial charge is 0.0375 e. The van der Waals surface area contributed by atoms with Gasteiger partial charge in [-0.1, -0.05) is 12.5 Å². The fraction of sp³-hybridized carbons (Fsp3) is 0.500. The van der Waals surface area contributed by atoms with Crippen LogP contribution in [0.3, 0.4) is 0 Å². The minimum Gasteiger partial charge on any atom is -0.310 e. The van der Waals surface area contributed by atoms with Crippen LogP contribution in [-0.2, 0) is 0 Å². The van der Waals surface area contributed by atoms with Crippen LogP contribution in [-0.4, -0.2) is 11.5 Å². The molecule has 1 heterocycles. The van der Waals surface area contributed by atoms with Gasteiger partial charge in [0.05, 0.1) is 0 Å². The molecule has 0 aromatic carbocycles. The monoisotopic (exact) mass is 218 g/mol. The average molecular weight is 218 g/mol. The van der Waals surface area contributed by atoms with Gasteiger partial charge in [0.2, 0.25) is 0 Å². The van der Waals surface area contributed by atoms with Gasteiger partial charge in [-0.25, -0.2) is 0 Å². The van der Waals surface area contributed by atoms with Crippen LogP contribution in [0.1, 0.15) is 44.0 Å². The molecule has 1 unspecified atom stereocenters. The molecule has 1 aromatic heterocycles. The number of nitrogens with zero attached hydrogens (tertiary/aromatic N) is 1. The Hall–Kier alpha value is -1.15. The van der Waals surface area contributed by atoms with Crippen LogP contribution in [0.5, 0.6) is 0 Å². The average Bonchev–Trinajstić information content (AvgIpc) is 2.23. The summed E-state index contributed by atoms with van der Waals surface area (Å²) in [5.41, 5.74) is 3.59. The molecule has 1 N–H and O–H groups in total. The zero-order valence-corrected chi connectivity index (χ0v) is 10.6. The van der Waals surface area contributed by atoms with Crippen molar-refractivity contribution in [2.45, 2.75) is 39.7 Å². The second-order valence-corrected chi connectivity index (χ2v) is 4.40. The lowest BCUT2D eigenvalue weighted by Crippen LogP contribution is -2.22. The quantitative estimate of drug-likeness (QED) is 0.740. The van der Waals surface area contributed by atoms with E-state index in [2.05, 4.69) is 42.9 Å². The van der Waals surface area contributed by atoms with E-state index in [1.54, 1.807) is 0 Å². The third-order valence-electron chi connectivity index (χ3n) is 2.52. The van der Waals surface area contributed by atoms with Crippen molar-refractivity contribution >= 4 is 0 Å². The molecule has 0 spiro atoms. The fourth-order valence-electron chi connectivity index (χ4n) is 1.76. The van der Waals surface area contributed by atoms with Crippen molar-refractivity contribution in [3.63, 3.8) is 0 Å². The number of aryl methyl sites for hydroxylation is 1. The Kier molecular flexibility index (Phi) is 5.20. The van der Waals surface area contributed by atoms with Gasteiger partial charge in [0.15, 0.2) is 0 Å². The first kappa shape index (κ1) is 12.9. The summed E-state index contributed by atoms with van der Waals surface area (Å²) in [6.45, 7) is 11.3. The summed E-state index contributed by atoms with van der Waals surface area (Å²) in [4.78, 5) is 4.23. The molecule has 1 rings (SSSR count). The molecular formula is C14H22N2. The van der Waals surface area contributed by atoms with Crippen LogP contribution in [0.25, 0.3) is 0 Å². The molecule has 16 heavy (non-hydrogen) atoms. The summed E-state index contributed by atoms with van der Waals surface area (Å²) in [7, 11) is 0. The number of nitrogens with one attached hydrogen (secondary N) is 1. The highest BCUT2D eigenvalue weighted by Gasteiger charge is 2.10. The van der Waals surface area contributed by atoms with E-state index in [-0.39, 0.29) is 0 Å². The molecular weight excluding hydrogens is 196 g/mol. The molecule has 0 saturated carbocycles. The van der Waals surface area contributed by atoms with Crippen molar-refractivity contribution in [2.24, 2.45) is 0 Å². The maximum Gasteiger partial charge on any atom is 0.0375 e. The molecule has 0 aliphatic carbocycles. The molecule has 0 amide bonds. The van der Waals surface area contributed by atoms with Gasteiger partial charge in [-0.15, -0.1) is 6.58 Å². The predicted octanol–water partition coefficient (Wildman–Crippen LogP) is 3.40. The van der Waals surface area contributed by atoms with Crippen molar-refractivity contribution in [2.75, 3.05) is 6.54 Å². The van der Waals surface area contributed by atoms with Crippen molar-refractivity contribution in [1.82, 2.24) is 10.3 Å². The Balaban J connectivity index is 2.78. The van der Waals surface area contributed by atoms with E-state index in [0.29, 0.717) is 6.04 Å². The zero-order chi connectivity index (χ0) is 12.0. The SMILES string of the molecule is C=C(C)CC(NCCC)c1ccnc(C)c1. The third-order valence-corrected chi connectivity index (χ3v) is 2.52. The highest BCUT2D eigenvalue weighted by Crippen LogP contribution is 2.20. The molecule has 0 saturated heterocycles. The van der Waals surface area contributed by atoms with E-state index < -0.39 is 0 Å². The van der Waals surface area contributed by atoms with Gasteiger partial charge in [0, 0.05) is 17.9 Å². The molecule has 2 heteroatoms. The van der Waals surface area contributed by atoms with E-state index in [1.807, 2.05) is 13.1 Å². The minimum absolute atomic E-state index is 0.374. The largest absolute Gasteiger partial charge is 0.310 e. The second-order valence-electron chi connectivity index (χ2n) is 4.40. The van der Waals surface area contributed by atoms with Crippen molar-refractivity contribution in [1.29, 1.82) is 0 Å². The molecule has 0 bridgehead atoms. The van der Waals surface area contributed by atoms with Crippen LogP contribution >= 0.6 is 0 Å². The second kappa shape index (κ2) is 6.44. The van der Waals surface area contributed by atoms with Gasteiger partial charge in [0.1, 0.15) is 0 Å². The summed E-state index contributed by atoms with van der Waals surface area (Å²) in [5.74, 6) is 0. The third kappa shape index (κ3) is 4.15. The molecule has 0 radical (unpaired) electrons. The summed E-state index contributed by atoms with van der Waals surface area (Å²) in [6, 6.07) is 4.61. The van der Waals surface area contributed by atoms with Crippen LogP contribution in [0, 0.1) is 6.92 Å². The van der Waals surface area contributed by atoms with Crippen LogP contribution in [0.15, 0.2) is 30.5 Å². The van der Waals surface area contributed by atoms with Gasteiger partial charge >= 0.3 is 0 Å². The number of hydrogen-bond acceptors (Lipinski definition) is 2. The Labute approximate surface area is 98.8 Å². The Morgan fingerprint density at radius 3 is 2.88 bits per heavy atom. The van der Waals surface area contributed by atoms with Crippen molar-refractivity contribution in [3.8, 4) is 0 Å². The number of hydrogen-bond donors (Lipinski definition) is 1. The summed E-state index contributed by atoms with van der Waals surface area (Å²) in [5, 5.41) is 3.56. The number of pyridine rings is 1. The predicted molar refractivity (Wildman–Crippen MR) is 69.4 cm³/mol. The highest BCUT2D eigenvalue weighted by atomic mass is 14.9. The standard InChI is InChI=1S/C14H22N2/c1-5-7-16-14(9-11(2)3)13-6-8-15-12(4)10-13/h6,8,10,14,16H,2,5,7,9H2,1,3-4H3. The maximum absolute atomic E-state index is 4.23. The molecule has 0 fully saturated rings. The molecule has 0 aliphatic rings. The lowest BCUT2D eigenvalue weighted by Gasteiger charge is -2.19. The van der Waals surface area contributed by atoms with Gasteiger partial charge in [-0.05, 0) is 50.9 Å². The molecule has 2 nitrogen and oxygen atoms in total. The van der Waals surface area contributed by atoms with Crippen LogP contribution < -0.4 is 5.32 Å². The van der Waals surface area contributed by atoms with Crippen molar-refractivity contribution in [3.05, 3.63) is 41.7 Å². The first-order chi connectivity index (χ1) is 7.63. The summed E-state index contributed by atoms with van der Waals surface area (Å²) < 4.78 is 0. The fourth-order valence-corrected chi connectivity index (χ4v) is 1.76. The van der Waals surface area contributed by atoms with Gasteiger partial charge in [-0.3, -0.25) is 4.98 Å². The molecule has 88 valence electrons. The normalized spacial score (nSPS) is 12.4. The summed E-state index contributed by atoms with van der Waals surface area (Å²) in [6.07, 6.45) is 4.02. The lowest BCUT2D eigenvalue weighted by molar-refractivity contribution is 0.527. The zero-order valence-electron chi connectivity index (χ0n) is 10.6. The van der Waals surface area contributed by atoms with E-state index in [0.717, 1.165) is 25.1 Å². The lowest BCUT2D eigenvalue weighted by atomic mass is 10.0. The first-order valence-electron chi connectivity index (χ1n) is 5.93. The Morgan fingerprint density at radius 1 is 1.56 bits per heavy atom. The van der Waals surface area contributed by atoms with Gasteiger partial charge in [0.25, 0.3) is 0 Å². The Morgan fingerprint density at radius 2 is 2.31 bits per heavy atom. The highest BCUT2D eigenvalue weighted by molar-refractivity contribution is 5.21. The Bertz CT molecular complexity index is 344. The van der Waals surface area contributed by atoms with Crippen LogP contribution in [0.2, 0.25) is 0 Å². The van der Waals surface area contributed by atoms with Gasteiger partial charge in [-0.2, -0.15) is 0 Å². The molecule has 0 aliphatic heterocycles. The molecule has 1 aromatic rings. The minimum atomic E-state index is 0.374.